The summed E-state index contributed by atoms with van der Waals surface area (Å²) < 4.78 is 0. The van der Waals surface area contributed by atoms with Crippen molar-refractivity contribution in [2.75, 3.05) is 6.61 Å². The number of benzene rings is 1. The van der Waals surface area contributed by atoms with E-state index >= 15 is 0 Å². The maximum atomic E-state index is 8.83. The Balaban J connectivity index is 2.95. The Labute approximate surface area is 106 Å². The zero-order valence-electron chi connectivity index (χ0n) is 11.9. The van der Waals surface area contributed by atoms with Gasteiger partial charge < -0.3 is 5.11 Å². The van der Waals surface area contributed by atoms with Crippen molar-refractivity contribution in [3.05, 3.63) is 34.4 Å². The molecule has 17 heavy (non-hydrogen) atoms. The predicted octanol–water partition coefficient (Wildman–Crippen LogP) is 3.92. The summed E-state index contributed by atoms with van der Waals surface area (Å²) in [4.78, 5) is 0. The van der Waals surface area contributed by atoms with Crippen LogP contribution in [0.25, 0.3) is 0 Å². The molecular formula is C16H26O. The minimum atomic E-state index is 0.221. The Hall–Kier alpha value is -0.820. The first-order chi connectivity index (χ1) is 7.86. The summed E-state index contributed by atoms with van der Waals surface area (Å²) in [6.45, 7) is 11.5. The summed E-state index contributed by atoms with van der Waals surface area (Å²) in [5.74, 6) is 0. The van der Waals surface area contributed by atoms with Gasteiger partial charge >= 0.3 is 0 Å². The highest BCUT2D eigenvalue weighted by atomic mass is 16.2. The van der Waals surface area contributed by atoms with Crippen LogP contribution in [-0.4, -0.2) is 11.7 Å². The van der Waals surface area contributed by atoms with E-state index < -0.39 is 0 Å². The smallest absolute Gasteiger partial charge is 0.0431 e. The first-order valence-electron chi connectivity index (χ1n) is 6.57. The summed E-state index contributed by atoms with van der Waals surface area (Å²) in [5.41, 5.74) is 5.89. The molecule has 1 aromatic rings. The first-order valence-corrected chi connectivity index (χ1v) is 6.57. The van der Waals surface area contributed by atoms with Crippen LogP contribution in [0.4, 0.5) is 0 Å². The minimum absolute atomic E-state index is 0.221. The van der Waals surface area contributed by atoms with Crippen LogP contribution in [0.1, 0.15) is 55.9 Å². The van der Waals surface area contributed by atoms with E-state index in [1.54, 1.807) is 0 Å². The van der Waals surface area contributed by atoms with Crippen LogP contribution in [0, 0.1) is 13.8 Å². The zero-order chi connectivity index (χ0) is 13.1. The summed E-state index contributed by atoms with van der Waals surface area (Å²) >= 11 is 0. The van der Waals surface area contributed by atoms with Gasteiger partial charge in [-0.1, -0.05) is 32.9 Å². The molecule has 1 rings (SSSR count). The van der Waals surface area contributed by atoms with E-state index in [1.807, 2.05) is 0 Å². The van der Waals surface area contributed by atoms with Crippen LogP contribution >= 0.6 is 0 Å². The third-order valence-corrected chi connectivity index (χ3v) is 3.40. The summed E-state index contributed by atoms with van der Waals surface area (Å²) in [6.07, 6.45) is 3.07. The van der Waals surface area contributed by atoms with Crippen LogP contribution in [0.3, 0.4) is 0 Å². The molecule has 0 aliphatic carbocycles. The zero-order valence-corrected chi connectivity index (χ0v) is 11.9. The molecule has 0 fully saturated rings. The Bertz CT molecular complexity index is 349. The number of hydrogen-bond acceptors (Lipinski definition) is 1. The first kappa shape index (κ1) is 14.2. The standard InChI is InChI=1S/C16H26O/c1-12-10-14(16(3,4)5)11-13(2)15(12)8-6-7-9-17/h10-11,17H,6-9H2,1-5H3. The fourth-order valence-corrected chi connectivity index (χ4v) is 2.23. The molecule has 0 spiro atoms. The minimum Gasteiger partial charge on any atom is -0.396 e. The molecule has 0 radical (unpaired) electrons. The van der Waals surface area contributed by atoms with E-state index in [2.05, 4.69) is 46.8 Å². The van der Waals surface area contributed by atoms with Crippen molar-refractivity contribution in [1.29, 1.82) is 0 Å². The molecule has 0 aliphatic heterocycles. The highest BCUT2D eigenvalue weighted by Crippen LogP contribution is 2.27. The third kappa shape index (κ3) is 3.85. The Kier molecular flexibility index (Phi) is 4.76. The van der Waals surface area contributed by atoms with Crippen LogP contribution in [0.5, 0.6) is 0 Å². The molecular weight excluding hydrogens is 208 g/mol. The Morgan fingerprint density at radius 3 is 1.94 bits per heavy atom. The van der Waals surface area contributed by atoms with Gasteiger partial charge in [-0.25, -0.2) is 0 Å². The third-order valence-electron chi connectivity index (χ3n) is 3.40. The molecule has 0 atom stereocenters. The van der Waals surface area contributed by atoms with Crippen LogP contribution in [-0.2, 0) is 11.8 Å². The molecule has 0 unspecified atom stereocenters. The maximum Gasteiger partial charge on any atom is 0.0431 e. The second kappa shape index (κ2) is 5.68. The Morgan fingerprint density at radius 1 is 1.00 bits per heavy atom. The fourth-order valence-electron chi connectivity index (χ4n) is 2.23. The molecule has 1 aromatic carbocycles. The van der Waals surface area contributed by atoms with E-state index in [4.69, 9.17) is 5.11 Å². The number of unbranched alkanes of at least 4 members (excludes halogenated alkanes) is 1. The predicted molar refractivity (Wildman–Crippen MR) is 74.6 cm³/mol. The van der Waals surface area contributed by atoms with Crippen molar-refractivity contribution in [3.8, 4) is 0 Å². The van der Waals surface area contributed by atoms with E-state index in [0.29, 0.717) is 6.61 Å². The van der Waals surface area contributed by atoms with E-state index in [-0.39, 0.29) is 5.41 Å². The quantitative estimate of drug-likeness (QED) is 0.783. The highest BCUT2D eigenvalue weighted by molar-refractivity contribution is 5.40. The number of aliphatic hydroxyl groups excluding tert-OH is 1. The second-order valence-corrected chi connectivity index (χ2v) is 6.02. The summed E-state index contributed by atoms with van der Waals surface area (Å²) in [6, 6.07) is 4.64. The molecule has 1 heteroatoms. The SMILES string of the molecule is Cc1cc(C(C)(C)C)cc(C)c1CCCCO. The van der Waals surface area contributed by atoms with E-state index in [9.17, 15) is 0 Å². The van der Waals surface area contributed by atoms with Crippen molar-refractivity contribution in [1.82, 2.24) is 0 Å². The van der Waals surface area contributed by atoms with Crippen LogP contribution < -0.4 is 0 Å². The van der Waals surface area contributed by atoms with E-state index in [0.717, 1.165) is 19.3 Å². The molecule has 0 aromatic heterocycles. The maximum absolute atomic E-state index is 8.83. The van der Waals surface area contributed by atoms with Crippen LogP contribution in [0.15, 0.2) is 12.1 Å². The van der Waals surface area contributed by atoms with Gasteiger partial charge in [-0.2, -0.15) is 0 Å². The molecule has 0 heterocycles. The lowest BCUT2D eigenvalue weighted by molar-refractivity contribution is 0.284. The van der Waals surface area contributed by atoms with Gasteiger partial charge in [-0.3, -0.25) is 0 Å². The van der Waals surface area contributed by atoms with Crippen molar-refractivity contribution in [2.45, 2.75) is 59.3 Å². The fraction of sp³-hybridized carbons (Fsp3) is 0.625. The lowest BCUT2D eigenvalue weighted by Gasteiger charge is -2.22. The van der Waals surface area contributed by atoms with Crippen molar-refractivity contribution >= 4 is 0 Å². The number of hydrogen-bond donors (Lipinski definition) is 1. The van der Waals surface area contributed by atoms with E-state index in [1.165, 1.54) is 22.3 Å². The number of aryl methyl sites for hydroxylation is 2. The molecule has 1 nitrogen and oxygen atoms in total. The highest BCUT2D eigenvalue weighted by Gasteiger charge is 2.15. The Morgan fingerprint density at radius 2 is 1.53 bits per heavy atom. The summed E-state index contributed by atoms with van der Waals surface area (Å²) in [7, 11) is 0. The molecule has 1 N–H and O–H groups in total. The lowest BCUT2D eigenvalue weighted by atomic mass is 9.83. The van der Waals surface area contributed by atoms with Gasteiger partial charge in [-0.05, 0) is 60.8 Å². The molecule has 0 saturated carbocycles. The average Bonchev–Trinajstić information content (AvgIpc) is 2.20. The van der Waals surface area contributed by atoms with Gasteiger partial charge in [0.05, 0.1) is 0 Å². The van der Waals surface area contributed by atoms with Gasteiger partial charge in [0.1, 0.15) is 0 Å². The topological polar surface area (TPSA) is 20.2 Å². The molecule has 0 aliphatic rings. The van der Waals surface area contributed by atoms with Gasteiger partial charge in [-0.15, -0.1) is 0 Å². The van der Waals surface area contributed by atoms with Gasteiger partial charge in [0.25, 0.3) is 0 Å². The molecule has 0 amide bonds. The van der Waals surface area contributed by atoms with Crippen molar-refractivity contribution in [2.24, 2.45) is 0 Å². The van der Waals surface area contributed by atoms with Crippen molar-refractivity contribution < 1.29 is 5.11 Å². The normalized spacial score (nSPS) is 11.9. The van der Waals surface area contributed by atoms with Gasteiger partial charge in [0.2, 0.25) is 0 Å². The molecule has 96 valence electrons. The molecule has 0 saturated heterocycles. The summed E-state index contributed by atoms with van der Waals surface area (Å²) in [5, 5.41) is 8.83. The lowest BCUT2D eigenvalue weighted by Crippen LogP contribution is -2.12. The van der Waals surface area contributed by atoms with Gasteiger partial charge in [0, 0.05) is 6.61 Å². The second-order valence-electron chi connectivity index (χ2n) is 6.02. The average molecular weight is 234 g/mol. The van der Waals surface area contributed by atoms with Gasteiger partial charge in [0.15, 0.2) is 0 Å². The number of aliphatic hydroxyl groups is 1. The number of rotatable bonds is 4. The monoisotopic (exact) mass is 234 g/mol. The molecule has 0 bridgehead atoms. The van der Waals surface area contributed by atoms with Crippen molar-refractivity contribution in [3.63, 3.8) is 0 Å². The largest absolute Gasteiger partial charge is 0.396 e. The van der Waals surface area contributed by atoms with Crippen LogP contribution in [0.2, 0.25) is 0 Å².